The van der Waals surface area contributed by atoms with Gasteiger partial charge in [-0.2, -0.15) is 0 Å². The number of rotatable bonds is 5. The molecular weight excluding hydrogens is 248 g/mol. The second-order valence-corrected chi connectivity index (χ2v) is 6.92. The molecule has 1 saturated carbocycles. The van der Waals surface area contributed by atoms with Gasteiger partial charge in [0.05, 0.1) is 12.1 Å². The maximum atomic E-state index is 10.5. The molecule has 1 aliphatic rings. The van der Waals surface area contributed by atoms with Crippen LogP contribution in [0, 0.1) is 10.8 Å². The van der Waals surface area contributed by atoms with Crippen molar-refractivity contribution in [1.29, 1.82) is 0 Å². The molecule has 0 bridgehead atoms. The van der Waals surface area contributed by atoms with Crippen LogP contribution >= 0.6 is 11.3 Å². The molecule has 1 aromatic rings. The Labute approximate surface area is 111 Å². The Balaban J connectivity index is 1.94. The second-order valence-electron chi connectivity index (χ2n) is 6.06. The smallest absolute Gasteiger partial charge is 0.303 e. The number of carbonyl (C=O) groups is 1. The molecule has 2 rings (SSSR count). The lowest BCUT2D eigenvalue weighted by Crippen LogP contribution is -2.09. The number of nitrogens with one attached hydrogen (secondary N) is 1. The van der Waals surface area contributed by atoms with Gasteiger partial charge in [-0.15, -0.1) is 11.3 Å². The fourth-order valence-electron chi connectivity index (χ4n) is 2.40. The highest BCUT2D eigenvalue weighted by molar-refractivity contribution is 7.13. The fraction of sp³-hybridized carbons (Fsp3) is 0.692. The number of aliphatic carboxylic acids is 1. The number of nitrogens with zero attached hydrogens (tertiary/aromatic N) is 1. The summed E-state index contributed by atoms with van der Waals surface area (Å²) in [6.07, 6.45) is 0.647. The van der Waals surface area contributed by atoms with Crippen LogP contribution in [-0.2, 0) is 11.2 Å². The maximum absolute atomic E-state index is 10.5. The van der Waals surface area contributed by atoms with E-state index in [2.05, 4.69) is 38.0 Å². The first kappa shape index (κ1) is 13.3. The van der Waals surface area contributed by atoms with Gasteiger partial charge in [0.2, 0.25) is 0 Å². The van der Waals surface area contributed by atoms with E-state index in [0.717, 1.165) is 10.8 Å². The summed E-state index contributed by atoms with van der Waals surface area (Å²) in [5.74, 6) is -0.776. The maximum Gasteiger partial charge on any atom is 0.303 e. The molecule has 0 radical (unpaired) electrons. The summed E-state index contributed by atoms with van der Waals surface area (Å²) in [4.78, 5) is 14.9. The van der Waals surface area contributed by atoms with Gasteiger partial charge in [0.15, 0.2) is 5.13 Å². The van der Waals surface area contributed by atoms with Crippen LogP contribution in [0.1, 0.15) is 39.8 Å². The van der Waals surface area contributed by atoms with Gasteiger partial charge >= 0.3 is 5.97 Å². The first-order valence-corrected chi connectivity index (χ1v) is 7.06. The third-order valence-electron chi connectivity index (χ3n) is 4.44. The van der Waals surface area contributed by atoms with Gasteiger partial charge in [0, 0.05) is 17.8 Å². The Kier molecular flexibility index (Phi) is 3.13. The lowest BCUT2D eigenvalue weighted by atomic mass is 10.0. The Morgan fingerprint density at radius 3 is 2.56 bits per heavy atom. The van der Waals surface area contributed by atoms with Crippen molar-refractivity contribution in [3.63, 3.8) is 0 Å². The highest BCUT2D eigenvalue weighted by atomic mass is 32.1. The Morgan fingerprint density at radius 2 is 2.06 bits per heavy atom. The molecule has 100 valence electrons. The molecule has 18 heavy (non-hydrogen) atoms. The average Bonchev–Trinajstić information content (AvgIpc) is 2.65. The standard InChI is InChI=1S/C13H20N2O2S/c1-12(2)10(13(12,3)4)15-11-14-8(7-18-11)5-6-9(16)17/h7,10H,5-6H2,1-4H3,(H,14,15)(H,16,17). The van der Waals surface area contributed by atoms with Crippen LogP contribution in [0.4, 0.5) is 5.13 Å². The zero-order chi connectivity index (χ0) is 13.6. The van der Waals surface area contributed by atoms with E-state index in [0.29, 0.717) is 12.5 Å². The van der Waals surface area contributed by atoms with Crippen molar-refractivity contribution in [2.75, 3.05) is 5.32 Å². The number of hydrogen-bond acceptors (Lipinski definition) is 4. The number of carboxylic acids is 1. The van der Waals surface area contributed by atoms with Crippen molar-refractivity contribution in [3.8, 4) is 0 Å². The van der Waals surface area contributed by atoms with E-state index in [4.69, 9.17) is 5.11 Å². The van der Waals surface area contributed by atoms with Crippen LogP contribution in [0.2, 0.25) is 0 Å². The van der Waals surface area contributed by atoms with Gasteiger partial charge < -0.3 is 10.4 Å². The number of aromatic nitrogens is 1. The summed E-state index contributed by atoms with van der Waals surface area (Å²) in [6.45, 7) is 9.01. The van der Waals surface area contributed by atoms with Gasteiger partial charge in [-0.3, -0.25) is 4.79 Å². The van der Waals surface area contributed by atoms with Gasteiger partial charge in [-0.1, -0.05) is 27.7 Å². The van der Waals surface area contributed by atoms with E-state index < -0.39 is 5.97 Å². The van der Waals surface area contributed by atoms with Crippen LogP contribution in [0.25, 0.3) is 0 Å². The molecular formula is C13H20N2O2S. The number of hydrogen-bond donors (Lipinski definition) is 2. The monoisotopic (exact) mass is 268 g/mol. The predicted molar refractivity (Wildman–Crippen MR) is 73.0 cm³/mol. The van der Waals surface area contributed by atoms with Crippen molar-refractivity contribution in [1.82, 2.24) is 4.98 Å². The summed E-state index contributed by atoms with van der Waals surface area (Å²) in [7, 11) is 0. The molecule has 1 heterocycles. The predicted octanol–water partition coefficient (Wildman–Crippen LogP) is 3.01. The van der Waals surface area contributed by atoms with Gasteiger partial charge in [0.1, 0.15) is 0 Å². The third-order valence-corrected chi connectivity index (χ3v) is 5.26. The number of thiazole rings is 1. The summed E-state index contributed by atoms with van der Waals surface area (Å²) < 4.78 is 0. The van der Waals surface area contributed by atoms with E-state index in [1.54, 1.807) is 11.3 Å². The average molecular weight is 268 g/mol. The lowest BCUT2D eigenvalue weighted by Gasteiger charge is -2.03. The highest BCUT2D eigenvalue weighted by Crippen LogP contribution is 2.63. The van der Waals surface area contributed by atoms with Crippen LogP contribution in [-0.4, -0.2) is 22.1 Å². The zero-order valence-corrected chi connectivity index (χ0v) is 12.1. The first-order valence-electron chi connectivity index (χ1n) is 6.18. The van der Waals surface area contributed by atoms with Crippen LogP contribution < -0.4 is 5.32 Å². The summed E-state index contributed by atoms with van der Waals surface area (Å²) >= 11 is 1.56. The molecule has 1 aromatic heterocycles. The molecule has 5 heteroatoms. The molecule has 4 nitrogen and oxygen atoms in total. The molecule has 1 fully saturated rings. The molecule has 0 amide bonds. The summed E-state index contributed by atoms with van der Waals surface area (Å²) in [5, 5.41) is 14.9. The van der Waals surface area contributed by atoms with Crippen LogP contribution in [0.15, 0.2) is 5.38 Å². The van der Waals surface area contributed by atoms with Gasteiger partial charge in [0.25, 0.3) is 0 Å². The van der Waals surface area contributed by atoms with Crippen molar-refractivity contribution in [2.45, 2.75) is 46.6 Å². The summed E-state index contributed by atoms with van der Waals surface area (Å²) in [5.41, 5.74) is 1.42. The number of aryl methyl sites for hydroxylation is 1. The molecule has 1 aliphatic carbocycles. The minimum absolute atomic E-state index is 0.142. The topological polar surface area (TPSA) is 62.2 Å². The lowest BCUT2D eigenvalue weighted by molar-refractivity contribution is -0.136. The van der Waals surface area contributed by atoms with E-state index in [9.17, 15) is 4.79 Å². The van der Waals surface area contributed by atoms with Crippen molar-refractivity contribution < 1.29 is 9.90 Å². The minimum Gasteiger partial charge on any atom is -0.481 e. The Bertz CT molecular complexity index is 451. The minimum atomic E-state index is -0.776. The second kappa shape index (κ2) is 4.23. The van der Waals surface area contributed by atoms with Crippen LogP contribution in [0.3, 0.4) is 0 Å². The number of anilines is 1. The molecule has 0 aliphatic heterocycles. The van der Waals surface area contributed by atoms with E-state index >= 15 is 0 Å². The van der Waals surface area contributed by atoms with E-state index in [1.165, 1.54) is 0 Å². The first-order chi connectivity index (χ1) is 8.25. The molecule has 0 spiro atoms. The molecule has 2 N–H and O–H groups in total. The molecule has 0 unspecified atom stereocenters. The zero-order valence-electron chi connectivity index (χ0n) is 11.3. The van der Waals surface area contributed by atoms with Crippen LogP contribution in [0.5, 0.6) is 0 Å². The molecule has 0 aromatic carbocycles. The quantitative estimate of drug-likeness (QED) is 0.861. The molecule has 0 atom stereocenters. The largest absolute Gasteiger partial charge is 0.481 e. The van der Waals surface area contributed by atoms with Crippen molar-refractivity contribution in [2.24, 2.45) is 10.8 Å². The highest BCUT2D eigenvalue weighted by Gasteiger charge is 2.65. The molecule has 0 saturated heterocycles. The summed E-state index contributed by atoms with van der Waals surface area (Å²) in [6, 6.07) is 0.434. The normalized spacial score (nSPS) is 20.7. The third kappa shape index (κ3) is 2.23. The fourth-order valence-corrected chi connectivity index (χ4v) is 3.18. The Morgan fingerprint density at radius 1 is 1.44 bits per heavy atom. The number of carboxylic acid groups (broad SMARTS) is 1. The Hall–Kier alpha value is -1.10. The van der Waals surface area contributed by atoms with Crippen molar-refractivity contribution >= 4 is 22.4 Å². The van der Waals surface area contributed by atoms with Gasteiger partial charge in [-0.25, -0.2) is 4.98 Å². The van der Waals surface area contributed by atoms with Gasteiger partial charge in [-0.05, 0) is 10.8 Å². The van der Waals surface area contributed by atoms with E-state index in [1.807, 2.05) is 5.38 Å². The SMILES string of the molecule is CC1(C)C(Nc2nc(CCC(=O)O)cs2)C1(C)C. The van der Waals surface area contributed by atoms with Crippen molar-refractivity contribution in [3.05, 3.63) is 11.1 Å². The van der Waals surface area contributed by atoms with E-state index in [-0.39, 0.29) is 17.3 Å².